The Hall–Kier alpha value is -1.88. The van der Waals surface area contributed by atoms with E-state index in [1.807, 2.05) is 6.08 Å². The third-order valence-electron chi connectivity index (χ3n) is 11.8. The number of fused-ring (bicyclic) bond motifs is 7. The molecule has 44 heavy (non-hydrogen) atoms. The fraction of sp³-hybridized carbons (Fsp3) is 0.771. The van der Waals surface area contributed by atoms with Crippen LogP contribution in [0, 0.1) is 28.6 Å². The molecular weight excluding hydrogens is 564 g/mol. The molecule has 6 aliphatic rings. The Morgan fingerprint density at radius 2 is 2.00 bits per heavy atom. The zero-order valence-corrected chi connectivity index (χ0v) is 26.8. The van der Waals surface area contributed by atoms with Crippen molar-refractivity contribution in [1.29, 1.82) is 0 Å². The number of rotatable bonds is 10. The Morgan fingerprint density at radius 1 is 1.18 bits per heavy atom. The van der Waals surface area contributed by atoms with E-state index in [1.54, 1.807) is 12.2 Å². The van der Waals surface area contributed by atoms with E-state index in [-0.39, 0.29) is 60.7 Å². The summed E-state index contributed by atoms with van der Waals surface area (Å²) in [5.74, 6) is 0.204. The number of carbonyl (C=O) groups excluding carboxylic acids is 2. The fourth-order valence-electron chi connectivity index (χ4n) is 9.90. The molecule has 1 N–H and O–H groups in total. The summed E-state index contributed by atoms with van der Waals surface area (Å²) >= 11 is 0. The molecule has 3 unspecified atom stereocenters. The number of hydrogen-bond acceptors (Lipinski definition) is 9. The second-order valence-electron chi connectivity index (χ2n) is 14.3. The maximum absolute atomic E-state index is 12.2. The van der Waals surface area contributed by atoms with Gasteiger partial charge in [-0.05, 0) is 80.9 Å². The molecule has 0 radical (unpaired) electrons. The van der Waals surface area contributed by atoms with Crippen LogP contribution in [0.15, 0.2) is 36.0 Å². The second kappa shape index (κ2) is 12.4. The number of allylic oxidation sites excluding steroid dienone is 4. The maximum atomic E-state index is 12.2. The number of ketones is 1. The number of aliphatic hydroxyl groups is 1. The topological polar surface area (TPSA) is 110 Å². The summed E-state index contributed by atoms with van der Waals surface area (Å²) in [7, 11) is 1.34. The monoisotopic (exact) mass is 614 g/mol. The van der Waals surface area contributed by atoms with Crippen molar-refractivity contribution < 1.29 is 43.1 Å². The highest BCUT2D eigenvalue weighted by Crippen LogP contribution is 2.70. The fourth-order valence-corrected chi connectivity index (χ4v) is 9.90. The Morgan fingerprint density at radius 3 is 2.77 bits per heavy atom. The smallest absolute Gasteiger partial charge is 0.331 e. The zero-order valence-electron chi connectivity index (χ0n) is 26.8. The molecule has 2 aliphatic heterocycles. The van der Waals surface area contributed by atoms with Gasteiger partial charge in [-0.3, -0.25) is 4.79 Å². The average molecular weight is 615 g/mol. The van der Waals surface area contributed by atoms with Crippen molar-refractivity contribution in [3.05, 3.63) is 36.0 Å². The van der Waals surface area contributed by atoms with Crippen LogP contribution in [-0.4, -0.2) is 80.3 Å². The highest BCUT2D eigenvalue weighted by molar-refractivity contribution is 6.01. The van der Waals surface area contributed by atoms with E-state index in [1.165, 1.54) is 7.11 Å². The molecule has 0 aromatic carbocycles. The summed E-state index contributed by atoms with van der Waals surface area (Å²) in [4.78, 5) is 23.6. The Kier molecular flexibility index (Phi) is 9.02. The minimum Gasteiger partial charge on any atom is -0.467 e. The Bertz CT molecular complexity index is 1190. The molecule has 0 amide bonds. The highest BCUT2D eigenvalue weighted by Gasteiger charge is 2.74. The molecule has 5 fully saturated rings. The molecule has 2 saturated heterocycles. The van der Waals surface area contributed by atoms with Crippen molar-refractivity contribution in [3.8, 4) is 0 Å². The van der Waals surface area contributed by atoms with Crippen LogP contribution in [0.3, 0.4) is 0 Å². The first-order valence-electron chi connectivity index (χ1n) is 16.6. The third-order valence-corrected chi connectivity index (χ3v) is 11.8. The summed E-state index contributed by atoms with van der Waals surface area (Å²) in [6.45, 7) is 11.7. The first-order chi connectivity index (χ1) is 21.1. The predicted molar refractivity (Wildman–Crippen MR) is 161 cm³/mol. The predicted octanol–water partition coefficient (Wildman–Crippen LogP) is 4.81. The van der Waals surface area contributed by atoms with E-state index in [9.17, 15) is 14.7 Å². The number of hydrogen-bond donors (Lipinski definition) is 1. The summed E-state index contributed by atoms with van der Waals surface area (Å²) in [5, 5.41) is 12.0. The van der Waals surface area contributed by atoms with Crippen molar-refractivity contribution in [1.82, 2.24) is 0 Å². The average Bonchev–Trinajstić information content (AvgIpc) is 3.48. The van der Waals surface area contributed by atoms with Crippen LogP contribution in [0.5, 0.6) is 0 Å². The van der Waals surface area contributed by atoms with Crippen molar-refractivity contribution in [2.45, 2.75) is 115 Å². The molecule has 0 aromatic rings. The highest BCUT2D eigenvalue weighted by atomic mass is 16.7. The first kappa shape index (κ1) is 32.1. The van der Waals surface area contributed by atoms with Gasteiger partial charge in [0.2, 0.25) is 0 Å². The lowest BCUT2D eigenvalue weighted by molar-refractivity contribution is -0.210. The van der Waals surface area contributed by atoms with Gasteiger partial charge < -0.3 is 33.5 Å². The second-order valence-corrected chi connectivity index (χ2v) is 14.3. The molecular formula is C35H50O9. The molecule has 3 saturated carbocycles. The largest absolute Gasteiger partial charge is 0.467 e. The number of carbonyl (C=O) groups is 2. The molecule has 0 bridgehead atoms. The van der Waals surface area contributed by atoms with Gasteiger partial charge >= 0.3 is 5.97 Å². The molecule has 9 nitrogen and oxygen atoms in total. The van der Waals surface area contributed by atoms with Gasteiger partial charge in [-0.25, -0.2) is 4.79 Å². The summed E-state index contributed by atoms with van der Waals surface area (Å²) in [6, 6.07) is 0. The Balaban J connectivity index is 1.20. The molecule has 4 aliphatic carbocycles. The van der Waals surface area contributed by atoms with Gasteiger partial charge in [-0.15, -0.1) is 0 Å². The van der Waals surface area contributed by atoms with Crippen LogP contribution >= 0.6 is 0 Å². The number of ether oxygens (including phenoxy) is 6. The minimum atomic E-state index is -0.781. The summed E-state index contributed by atoms with van der Waals surface area (Å²) < 4.78 is 36.3. The van der Waals surface area contributed by atoms with Crippen LogP contribution in [0.25, 0.3) is 0 Å². The van der Waals surface area contributed by atoms with Gasteiger partial charge in [0, 0.05) is 16.7 Å². The van der Waals surface area contributed by atoms with Crippen LogP contribution in [0.1, 0.15) is 78.6 Å². The number of aliphatic hydroxyl groups excluding tert-OH is 1. The molecule has 244 valence electrons. The summed E-state index contributed by atoms with van der Waals surface area (Å²) in [6.07, 6.45) is 11.4. The van der Waals surface area contributed by atoms with Crippen LogP contribution < -0.4 is 0 Å². The lowest BCUT2D eigenvalue weighted by Gasteiger charge is -2.60. The normalized spacial score (nSPS) is 44.3. The first-order valence-corrected chi connectivity index (χ1v) is 16.6. The molecule has 0 aromatic heterocycles. The van der Waals surface area contributed by atoms with Gasteiger partial charge in [0.15, 0.2) is 18.4 Å². The quantitative estimate of drug-likeness (QED) is 0.274. The van der Waals surface area contributed by atoms with Crippen LogP contribution in [-0.2, 0) is 38.0 Å². The Labute approximate surface area is 261 Å². The van der Waals surface area contributed by atoms with Gasteiger partial charge in [0.25, 0.3) is 0 Å². The van der Waals surface area contributed by atoms with Gasteiger partial charge in [0.05, 0.1) is 38.6 Å². The van der Waals surface area contributed by atoms with Gasteiger partial charge in [0.1, 0.15) is 12.2 Å². The number of esters is 1. The summed E-state index contributed by atoms with van der Waals surface area (Å²) in [5.41, 5.74) is 0.484. The van der Waals surface area contributed by atoms with Gasteiger partial charge in [-0.2, -0.15) is 0 Å². The van der Waals surface area contributed by atoms with E-state index >= 15 is 0 Å². The standard InChI is InChI=1S/C35H50O9/c1-6-8-31-43-28-16-26-25-12-11-22-15-23(36)13-14-33(22,3)32(25)27(37)17-34(26,4)35(28,44-31)21(2)18-41-30-10-7-9-24(42-30)19-40-20-29(38)39-5/h13-15,24-28,30-32,37H,2,6-12,16-20H2,1,3-5H3/t24?,25-,26-,27-,28-,30?,31?,32+,33-,34-,35+/m0/s1. The van der Waals surface area contributed by atoms with Gasteiger partial charge in [-0.1, -0.05) is 45.4 Å². The third kappa shape index (κ3) is 5.25. The molecule has 6 rings (SSSR count). The minimum absolute atomic E-state index is 0.0331. The molecule has 0 spiro atoms. The van der Waals surface area contributed by atoms with E-state index in [4.69, 9.17) is 23.7 Å². The van der Waals surface area contributed by atoms with E-state index in [0.29, 0.717) is 13.0 Å². The van der Waals surface area contributed by atoms with E-state index in [0.717, 1.165) is 62.5 Å². The zero-order chi connectivity index (χ0) is 31.3. The molecule has 2 heterocycles. The lowest BCUT2D eigenvalue weighted by atomic mass is 9.46. The number of methoxy groups -OCH3 is 1. The maximum Gasteiger partial charge on any atom is 0.331 e. The molecule has 9 heteroatoms. The van der Waals surface area contributed by atoms with Crippen molar-refractivity contribution >= 4 is 11.8 Å². The SMILES string of the molecule is C=C(COC1CCCC(COCC(=O)OC)O1)[C@@]12OC(CCC)O[C@H]1C[C@H]1[C@@H]3CCC4=CC(=O)C=C[C@]4(C)[C@H]3[C@@H](O)C[C@@]12C. The van der Waals surface area contributed by atoms with Crippen molar-refractivity contribution in [2.75, 3.05) is 26.9 Å². The van der Waals surface area contributed by atoms with Crippen LogP contribution in [0.4, 0.5) is 0 Å². The lowest BCUT2D eigenvalue weighted by Crippen LogP contribution is -2.61. The van der Waals surface area contributed by atoms with Crippen LogP contribution in [0.2, 0.25) is 0 Å². The van der Waals surface area contributed by atoms with E-state index in [2.05, 4.69) is 32.1 Å². The van der Waals surface area contributed by atoms with Crippen molar-refractivity contribution in [3.63, 3.8) is 0 Å². The van der Waals surface area contributed by atoms with E-state index < -0.39 is 29.4 Å². The van der Waals surface area contributed by atoms with Crippen molar-refractivity contribution in [2.24, 2.45) is 28.6 Å². The molecule has 11 atom stereocenters.